The molecule has 1 saturated heterocycles. The van der Waals surface area contributed by atoms with Crippen LogP contribution >= 0.6 is 0 Å². The molecular formula is C17H24N2O2. The first kappa shape index (κ1) is 15.5. The van der Waals surface area contributed by atoms with Crippen LogP contribution in [-0.2, 0) is 9.59 Å². The van der Waals surface area contributed by atoms with Gasteiger partial charge in [-0.2, -0.15) is 0 Å². The molecule has 1 unspecified atom stereocenters. The van der Waals surface area contributed by atoms with E-state index in [-0.39, 0.29) is 11.8 Å². The zero-order valence-corrected chi connectivity index (χ0v) is 13.1. The Kier molecular flexibility index (Phi) is 4.66. The van der Waals surface area contributed by atoms with Crippen molar-refractivity contribution in [3.8, 4) is 0 Å². The van der Waals surface area contributed by atoms with E-state index in [0.29, 0.717) is 19.4 Å². The number of nitrogens with zero attached hydrogens (tertiary/aromatic N) is 1. The van der Waals surface area contributed by atoms with Crippen LogP contribution in [0.4, 0.5) is 0 Å². The first-order valence-electron chi connectivity index (χ1n) is 7.77. The maximum atomic E-state index is 12.9. The highest BCUT2D eigenvalue weighted by atomic mass is 16.2. The minimum atomic E-state index is -0.739. The summed E-state index contributed by atoms with van der Waals surface area (Å²) >= 11 is 0. The van der Waals surface area contributed by atoms with Gasteiger partial charge in [-0.05, 0) is 24.8 Å². The maximum absolute atomic E-state index is 12.9. The largest absolute Gasteiger partial charge is 0.340 e. The molecule has 1 N–H and O–H groups in total. The standard InChI is InChI=1S/C17H24N2O2/c1-4-12-19-14(13-10-8-7-9-11-13)15(20)18-17(5-2,6-3)16(19)21/h7-11,14H,4-6,12H2,1-3H3,(H,18,20). The third kappa shape index (κ3) is 2.67. The highest BCUT2D eigenvalue weighted by Gasteiger charge is 2.48. The van der Waals surface area contributed by atoms with Crippen LogP contribution in [0, 0.1) is 0 Å². The summed E-state index contributed by atoms with van der Waals surface area (Å²) in [5.41, 5.74) is 0.134. The molecule has 1 atom stereocenters. The van der Waals surface area contributed by atoms with Crippen molar-refractivity contribution >= 4 is 11.8 Å². The van der Waals surface area contributed by atoms with E-state index in [2.05, 4.69) is 5.32 Å². The van der Waals surface area contributed by atoms with E-state index in [0.717, 1.165) is 12.0 Å². The molecule has 1 fully saturated rings. The fraction of sp³-hybridized carbons (Fsp3) is 0.529. The summed E-state index contributed by atoms with van der Waals surface area (Å²) in [6.45, 7) is 6.54. The monoisotopic (exact) mass is 288 g/mol. The van der Waals surface area contributed by atoms with Gasteiger partial charge in [0.05, 0.1) is 0 Å². The Balaban J connectivity index is 2.43. The van der Waals surface area contributed by atoms with Crippen LogP contribution in [0.3, 0.4) is 0 Å². The van der Waals surface area contributed by atoms with E-state index >= 15 is 0 Å². The van der Waals surface area contributed by atoms with Crippen molar-refractivity contribution in [2.45, 2.75) is 51.6 Å². The first-order chi connectivity index (χ1) is 10.1. The third-order valence-electron chi connectivity index (χ3n) is 4.38. The molecule has 4 nitrogen and oxygen atoms in total. The Morgan fingerprint density at radius 2 is 1.71 bits per heavy atom. The van der Waals surface area contributed by atoms with Gasteiger partial charge in [-0.15, -0.1) is 0 Å². The normalized spacial score (nSPS) is 21.3. The van der Waals surface area contributed by atoms with Gasteiger partial charge in [-0.3, -0.25) is 9.59 Å². The second kappa shape index (κ2) is 6.29. The summed E-state index contributed by atoms with van der Waals surface area (Å²) in [6, 6.07) is 9.02. The fourth-order valence-corrected chi connectivity index (χ4v) is 3.06. The maximum Gasteiger partial charge on any atom is 0.249 e. The molecule has 114 valence electrons. The number of hydrogen-bond donors (Lipinski definition) is 1. The number of rotatable bonds is 5. The Labute approximate surface area is 126 Å². The lowest BCUT2D eigenvalue weighted by Crippen LogP contribution is -2.67. The second-order valence-corrected chi connectivity index (χ2v) is 5.59. The van der Waals surface area contributed by atoms with Crippen LogP contribution in [-0.4, -0.2) is 28.8 Å². The number of hydrogen-bond acceptors (Lipinski definition) is 2. The zero-order chi connectivity index (χ0) is 15.5. The molecule has 1 heterocycles. The van der Waals surface area contributed by atoms with Crippen LogP contribution in [0.1, 0.15) is 51.6 Å². The topological polar surface area (TPSA) is 49.4 Å². The third-order valence-corrected chi connectivity index (χ3v) is 4.38. The van der Waals surface area contributed by atoms with Crippen LogP contribution in [0.25, 0.3) is 0 Å². The average Bonchev–Trinajstić information content (AvgIpc) is 2.52. The van der Waals surface area contributed by atoms with Gasteiger partial charge >= 0.3 is 0 Å². The molecule has 0 spiro atoms. The number of carbonyl (C=O) groups is 2. The molecule has 1 aromatic rings. The molecule has 0 saturated carbocycles. The molecule has 0 radical (unpaired) electrons. The summed E-state index contributed by atoms with van der Waals surface area (Å²) < 4.78 is 0. The van der Waals surface area contributed by atoms with Crippen molar-refractivity contribution in [3.63, 3.8) is 0 Å². The van der Waals surface area contributed by atoms with Crippen LogP contribution in [0.2, 0.25) is 0 Å². The van der Waals surface area contributed by atoms with Gasteiger partial charge in [0.25, 0.3) is 0 Å². The van der Waals surface area contributed by atoms with Crippen molar-refractivity contribution in [2.75, 3.05) is 6.54 Å². The van der Waals surface area contributed by atoms with Crippen molar-refractivity contribution < 1.29 is 9.59 Å². The van der Waals surface area contributed by atoms with Gasteiger partial charge in [-0.25, -0.2) is 0 Å². The molecule has 1 aromatic carbocycles. The molecule has 0 bridgehead atoms. The molecule has 0 aliphatic carbocycles. The molecule has 21 heavy (non-hydrogen) atoms. The lowest BCUT2D eigenvalue weighted by Gasteiger charge is -2.45. The van der Waals surface area contributed by atoms with E-state index in [1.165, 1.54) is 0 Å². The van der Waals surface area contributed by atoms with Crippen LogP contribution in [0.5, 0.6) is 0 Å². The summed E-state index contributed by atoms with van der Waals surface area (Å²) in [6.07, 6.45) is 2.08. The number of benzene rings is 1. The molecule has 1 aliphatic heterocycles. The zero-order valence-electron chi connectivity index (χ0n) is 13.1. The van der Waals surface area contributed by atoms with Gasteiger partial charge in [0.2, 0.25) is 11.8 Å². The van der Waals surface area contributed by atoms with Crippen LogP contribution in [0.15, 0.2) is 30.3 Å². The van der Waals surface area contributed by atoms with Crippen molar-refractivity contribution in [1.82, 2.24) is 10.2 Å². The quantitative estimate of drug-likeness (QED) is 0.905. The SMILES string of the molecule is CCCN1C(=O)C(CC)(CC)NC(=O)C1c1ccccc1. The summed E-state index contributed by atoms with van der Waals surface area (Å²) in [4.78, 5) is 27.3. The number of amides is 2. The Morgan fingerprint density at radius 1 is 1.10 bits per heavy atom. The number of nitrogens with one attached hydrogen (secondary N) is 1. The predicted octanol–water partition coefficient (Wildman–Crippen LogP) is 2.65. The summed E-state index contributed by atoms with van der Waals surface area (Å²) in [5, 5.41) is 2.99. The summed E-state index contributed by atoms with van der Waals surface area (Å²) in [5.74, 6) is -0.0271. The lowest BCUT2D eigenvalue weighted by atomic mass is 9.85. The number of piperazine rings is 1. The van der Waals surface area contributed by atoms with Gasteiger partial charge in [0, 0.05) is 6.54 Å². The Morgan fingerprint density at radius 3 is 2.24 bits per heavy atom. The smallest absolute Gasteiger partial charge is 0.249 e. The first-order valence-corrected chi connectivity index (χ1v) is 7.77. The Hall–Kier alpha value is -1.84. The fourth-order valence-electron chi connectivity index (χ4n) is 3.06. The highest BCUT2D eigenvalue weighted by molar-refractivity contribution is 6.00. The summed E-state index contributed by atoms with van der Waals surface area (Å²) in [7, 11) is 0. The van der Waals surface area contributed by atoms with Crippen molar-refractivity contribution in [3.05, 3.63) is 35.9 Å². The minimum absolute atomic E-state index is 0.0443. The van der Waals surface area contributed by atoms with Gasteiger partial charge in [-0.1, -0.05) is 51.1 Å². The molecule has 0 aromatic heterocycles. The molecular weight excluding hydrogens is 264 g/mol. The second-order valence-electron chi connectivity index (χ2n) is 5.59. The van der Waals surface area contributed by atoms with E-state index in [1.54, 1.807) is 4.90 Å². The lowest BCUT2D eigenvalue weighted by molar-refractivity contribution is -0.156. The molecule has 4 heteroatoms. The molecule has 2 rings (SSSR count). The number of carbonyl (C=O) groups excluding carboxylic acids is 2. The minimum Gasteiger partial charge on any atom is -0.340 e. The van der Waals surface area contributed by atoms with Crippen molar-refractivity contribution in [1.29, 1.82) is 0 Å². The van der Waals surface area contributed by atoms with Gasteiger partial charge in [0.15, 0.2) is 0 Å². The molecule has 2 amide bonds. The average molecular weight is 288 g/mol. The van der Waals surface area contributed by atoms with E-state index < -0.39 is 11.6 Å². The molecule has 1 aliphatic rings. The predicted molar refractivity (Wildman–Crippen MR) is 82.6 cm³/mol. The van der Waals surface area contributed by atoms with Gasteiger partial charge in [0.1, 0.15) is 11.6 Å². The Bertz CT molecular complexity index is 509. The van der Waals surface area contributed by atoms with Gasteiger partial charge < -0.3 is 10.2 Å². The van der Waals surface area contributed by atoms with Crippen LogP contribution < -0.4 is 5.32 Å². The van der Waals surface area contributed by atoms with E-state index in [9.17, 15) is 9.59 Å². The highest BCUT2D eigenvalue weighted by Crippen LogP contribution is 2.32. The van der Waals surface area contributed by atoms with Crippen molar-refractivity contribution in [2.24, 2.45) is 0 Å². The van der Waals surface area contributed by atoms with E-state index in [1.807, 2.05) is 51.1 Å². The van der Waals surface area contributed by atoms with E-state index in [4.69, 9.17) is 0 Å².